The van der Waals surface area contributed by atoms with Gasteiger partial charge in [-0.05, 0) is 37.3 Å². The van der Waals surface area contributed by atoms with Crippen LogP contribution in [0.5, 0.6) is 0 Å². The van der Waals surface area contributed by atoms with Gasteiger partial charge in [0.1, 0.15) is 0 Å². The van der Waals surface area contributed by atoms with Crippen LogP contribution in [-0.4, -0.2) is 39.7 Å². The van der Waals surface area contributed by atoms with E-state index in [2.05, 4.69) is 12.0 Å². The third-order valence-corrected chi connectivity index (χ3v) is 4.70. The summed E-state index contributed by atoms with van der Waals surface area (Å²) in [4.78, 5) is 14.7. The average Bonchev–Trinajstić information content (AvgIpc) is 3.04. The number of aromatic nitrogens is 2. The van der Waals surface area contributed by atoms with Crippen molar-refractivity contribution in [1.29, 1.82) is 0 Å². The molecule has 0 saturated carbocycles. The van der Waals surface area contributed by atoms with E-state index in [0.717, 1.165) is 30.6 Å². The summed E-state index contributed by atoms with van der Waals surface area (Å²) in [5.74, 6) is 0.662. The number of likely N-dealkylation sites (tertiary alicyclic amines) is 1. The summed E-state index contributed by atoms with van der Waals surface area (Å²) in [7, 11) is 0. The molecule has 0 bridgehead atoms. The van der Waals surface area contributed by atoms with Gasteiger partial charge in [0, 0.05) is 25.3 Å². The molecule has 1 aromatic heterocycles. The molecule has 0 aliphatic carbocycles. The topological polar surface area (TPSA) is 64.2 Å². The molecule has 3 rings (SSSR count). The van der Waals surface area contributed by atoms with Crippen LogP contribution < -0.4 is 5.73 Å². The number of hydrogen-bond donors (Lipinski definition) is 1. The van der Waals surface area contributed by atoms with Crippen molar-refractivity contribution in [2.45, 2.75) is 32.7 Å². The summed E-state index contributed by atoms with van der Waals surface area (Å²) >= 11 is 0. The zero-order valence-electron chi connectivity index (χ0n) is 13.8. The molecule has 2 unspecified atom stereocenters. The number of benzene rings is 1. The van der Waals surface area contributed by atoms with E-state index in [4.69, 9.17) is 5.73 Å². The fourth-order valence-corrected chi connectivity index (χ4v) is 3.29. The van der Waals surface area contributed by atoms with Crippen LogP contribution >= 0.6 is 0 Å². The Morgan fingerprint density at radius 3 is 2.91 bits per heavy atom. The number of para-hydroxylation sites is 1. The molecule has 1 aliphatic rings. The molecule has 2 atom stereocenters. The molecule has 0 radical (unpaired) electrons. The summed E-state index contributed by atoms with van der Waals surface area (Å²) in [5.41, 5.74) is 8.62. The lowest BCUT2D eigenvalue weighted by Gasteiger charge is -2.37. The first kappa shape index (κ1) is 15.7. The Balaban J connectivity index is 1.82. The number of carbonyl (C=O) groups excluding carboxylic acids is 1. The standard InChI is InChI=1S/C18H24N4O/c1-13-7-8-21(16(9-13)10-19)18(23)15-11-20-22(12-15)17-6-4-3-5-14(17)2/h3-6,11-13,16H,7-10,19H2,1-2H3. The average molecular weight is 312 g/mol. The van der Waals surface area contributed by atoms with E-state index in [-0.39, 0.29) is 11.9 Å². The van der Waals surface area contributed by atoms with Crippen molar-refractivity contribution < 1.29 is 4.79 Å². The molecule has 1 aromatic carbocycles. The van der Waals surface area contributed by atoms with Crippen molar-refractivity contribution in [2.24, 2.45) is 11.7 Å². The van der Waals surface area contributed by atoms with Crippen LogP contribution in [0.3, 0.4) is 0 Å². The summed E-state index contributed by atoms with van der Waals surface area (Å²) < 4.78 is 1.77. The van der Waals surface area contributed by atoms with Crippen molar-refractivity contribution >= 4 is 5.91 Å². The number of rotatable bonds is 3. The van der Waals surface area contributed by atoms with Gasteiger partial charge >= 0.3 is 0 Å². The lowest BCUT2D eigenvalue weighted by molar-refractivity contribution is 0.0573. The summed E-state index contributed by atoms with van der Waals surface area (Å²) in [6, 6.07) is 8.14. The smallest absolute Gasteiger partial charge is 0.257 e. The van der Waals surface area contributed by atoms with Gasteiger partial charge in [0.25, 0.3) is 5.91 Å². The van der Waals surface area contributed by atoms with Crippen LogP contribution in [0.1, 0.15) is 35.7 Å². The van der Waals surface area contributed by atoms with Gasteiger partial charge in [-0.3, -0.25) is 4.79 Å². The van der Waals surface area contributed by atoms with E-state index in [9.17, 15) is 4.79 Å². The maximum absolute atomic E-state index is 12.8. The van der Waals surface area contributed by atoms with E-state index < -0.39 is 0 Å². The minimum atomic E-state index is 0.0344. The number of nitrogens with zero attached hydrogens (tertiary/aromatic N) is 3. The SMILES string of the molecule is Cc1ccccc1-n1cc(C(=O)N2CCC(C)CC2CN)cn1. The van der Waals surface area contributed by atoms with Gasteiger partial charge in [-0.25, -0.2) is 4.68 Å². The number of carbonyl (C=O) groups is 1. The first-order valence-electron chi connectivity index (χ1n) is 8.22. The van der Waals surface area contributed by atoms with Gasteiger partial charge in [-0.2, -0.15) is 5.10 Å². The molecule has 23 heavy (non-hydrogen) atoms. The van der Waals surface area contributed by atoms with E-state index in [0.29, 0.717) is 18.0 Å². The maximum atomic E-state index is 12.8. The largest absolute Gasteiger partial charge is 0.334 e. The van der Waals surface area contributed by atoms with Crippen LogP contribution in [0.2, 0.25) is 0 Å². The van der Waals surface area contributed by atoms with E-state index in [1.54, 1.807) is 10.9 Å². The Morgan fingerprint density at radius 1 is 1.39 bits per heavy atom. The molecule has 1 saturated heterocycles. The molecule has 2 N–H and O–H groups in total. The summed E-state index contributed by atoms with van der Waals surface area (Å²) in [6.07, 6.45) is 5.49. The zero-order chi connectivity index (χ0) is 16.4. The maximum Gasteiger partial charge on any atom is 0.257 e. The van der Waals surface area contributed by atoms with Crippen molar-refractivity contribution in [2.75, 3.05) is 13.1 Å². The fourth-order valence-electron chi connectivity index (χ4n) is 3.29. The Bertz CT molecular complexity index is 694. The number of nitrogens with two attached hydrogens (primary N) is 1. The first-order chi connectivity index (χ1) is 11.1. The minimum absolute atomic E-state index is 0.0344. The second-order valence-electron chi connectivity index (χ2n) is 6.48. The number of aryl methyl sites for hydroxylation is 1. The molecule has 122 valence electrons. The third-order valence-electron chi connectivity index (χ3n) is 4.70. The van der Waals surface area contributed by atoms with Crippen molar-refractivity contribution in [3.8, 4) is 5.69 Å². The number of amides is 1. The predicted octanol–water partition coefficient (Wildman–Crippen LogP) is 2.38. The first-order valence-corrected chi connectivity index (χ1v) is 8.22. The van der Waals surface area contributed by atoms with Crippen molar-refractivity contribution in [3.63, 3.8) is 0 Å². The molecular formula is C18H24N4O. The number of hydrogen-bond acceptors (Lipinski definition) is 3. The Morgan fingerprint density at radius 2 is 2.17 bits per heavy atom. The zero-order valence-corrected chi connectivity index (χ0v) is 13.8. The predicted molar refractivity (Wildman–Crippen MR) is 90.6 cm³/mol. The lowest BCUT2D eigenvalue weighted by Crippen LogP contribution is -2.49. The second kappa shape index (κ2) is 6.54. The lowest BCUT2D eigenvalue weighted by atomic mass is 9.92. The monoisotopic (exact) mass is 312 g/mol. The Kier molecular flexibility index (Phi) is 4.48. The van der Waals surface area contributed by atoms with Gasteiger partial charge in [0.15, 0.2) is 0 Å². The van der Waals surface area contributed by atoms with Gasteiger partial charge in [-0.1, -0.05) is 25.1 Å². The van der Waals surface area contributed by atoms with Crippen molar-refractivity contribution in [1.82, 2.24) is 14.7 Å². The highest BCUT2D eigenvalue weighted by Crippen LogP contribution is 2.24. The second-order valence-corrected chi connectivity index (χ2v) is 6.48. The highest BCUT2D eigenvalue weighted by atomic mass is 16.2. The van der Waals surface area contributed by atoms with Crippen LogP contribution in [0.15, 0.2) is 36.7 Å². The van der Waals surface area contributed by atoms with Gasteiger partial charge < -0.3 is 10.6 Å². The summed E-state index contributed by atoms with van der Waals surface area (Å²) in [6.45, 7) is 5.55. The molecule has 1 aliphatic heterocycles. The highest BCUT2D eigenvalue weighted by molar-refractivity contribution is 5.94. The molecule has 1 amide bonds. The fraction of sp³-hybridized carbons (Fsp3) is 0.444. The van der Waals surface area contributed by atoms with E-state index >= 15 is 0 Å². The molecule has 5 nitrogen and oxygen atoms in total. The molecule has 5 heteroatoms. The van der Waals surface area contributed by atoms with Gasteiger partial charge in [0.2, 0.25) is 0 Å². The Hall–Kier alpha value is -2.14. The molecule has 1 fully saturated rings. The highest BCUT2D eigenvalue weighted by Gasteiger charge is 2.30. The van der Waals surface area contributed by atoms with Gasteiger partial charge in [0.05, 0.1) is 17.4 Å². The van der Waals surface area contributed by atoms with Gasteiger partial charge in [-0.15, -0.1) is 0 Å². The van der Waals surface area contributed by atoms with Crippen LogP contribution in [-0.2, 0) is 0 Å². The molecular weight excluding hydrogens is 288 g/mol. The summed E-state index contributed by atoms with van der Waals surface area (Å²) in [5, 5.41) is 4.37. The molecule has 0 spiro atoms. The van der Waals surface area contributed by atoms with E-state index in [1.807, 2.05) is 42.3 Å². The van der Waals surface area contributed by atoms with Crippen LogP contribution in [0, 0.1) is 12.8 Å². The normalized spacial score (nSPS) is 21.4. The third kappa shape index (κ3) is 3.15. The minimum Gasteiger partial charge on any atom is -0.334 e. The quantitative estimate of drug-likeness (QED) is 0.946. The Labute approximate surface area is 137 Å². The van der Waals surface area contributed by atoms with Crippen LogP contribution in [0.4, 0.5) is 0 Å². The number of piperidine rings is 1. The molecule has 2 aromatic rings. The van der Waals surface area contributed by atoms with Crippen LogP contribution in [0.25, 0.3) is 5.69 Å². The molecule has 2 heterocycles. The van der Waals surface area contributed by atoms with Crippen molar-refractivity contribution in [3.05, 3.63) is 47.8 Å². The van der Waals surface area contributed by atoms with E-state index in [1.165, 1.54) is 0 Å².